The minimum absolute atomic E-state index is 0.0704. The number of carbonyl (C=O) groups is 2. The standard InChI is InChI=1S/C20H25N3O4/c24-17-5-1-15(2-6-17)9-11-22-19(26)13-21-14-20(27)23-12-10-16-3-7-18(25)8-4-16/h1-8,21,24-25H,9-14H2,(H,22,26)(H,23,27). The van der Waals surface area contributed by atoms with Crippen molar-refractivity contribution in [3.05, 3.63) is 59.7 Å². The summed E-state index contributed by atoms with van der Waals surface area (Å²) in [7, 11) is 0. The number of phenolic OH excluding ortho intramolecular Hbond substituents is 2. The molecule has 7 nitrogen and oxygen atoms in total. The third-order valence-electron chi connectivity index (χ3n) is 3.92. The molecule has 0 unspecified atom stereocenters. The number of amides is 2. The van der Waals surface area contributed by atoms with Crippen LogP contribution in [0.25, 0.3) is 0 Å². The first-order chi connectivity index (χ1) is 13.0. The Balaban J connectivity index is 1.51. The number of rotatable bonds is 10. The molecule has 0 aliphatic carbocycles. The molecule has 0 fully saturated rings. The minimum atomic E-state index is -0.175. The Morgan fingerprint density at radius 2 is 1.04 bits per heavy atom. The molecule has 2 amide bonds. The molecule has 0 aromatic heterocycles. The average molecular weight is 371 g/mol. The van der Waals surface area contributed by atoms with Crippen molar-refractivity contribution in [2.24, 2.45) is 0 Å². The van der Waals surface area contributed by atoms with Gasteiger partial charge in [0.15, 0.2) is 0 Å². The zero-order valence-corrected chi connectivity index (χ0v) is 15.1. The van der Waals surface area contributed by atoms with Crippen LogP contribution in [0.15, 0.2) is 48.5 Å². The molecular weight excluding hydrogens is 346 g/mol. The van der Waals surface area contributed by atoms with E-state index in [1.165, 1.54) is 0 Å². The average Bonchev–Trinajstić information content (AvgIpc) is 2.65. The number of nitrogens with one attached hydrogen (secondary N) is 3. The van der Waals surface area contributed by atoms with Gasteiger partial charge in [-0.05, 0) is 48.2 Å². The van der Waals surface area contributed by atoms with Crippen molar-refractivity contribution in [3.63, 3.8) is 0 Å². The normalized spacial score (nSPS) is 10.4. The molecule has 0 spiro atoms. The Bertz CT molecular complexity index is 666. The van der Waals surface area contributed by atoms with Crippen LogP contribution >= 0.6 is 0 Å². The van der Waals surface area contributed by atoms with Crippen LogP contribution < -0.4 is 16.0 Å². The molecule has 0 atom stereocenters. The Hall–Kier alpha value is -3.06. The quantitative estimate of drug-likeness (QED) is 0.422. The number of hydrogen-bond acceptors (Lipinski definition) is 5. The lowest BCUT2D eigenvalue weighted by molar-refractivity contribution is -0.121. The maximum absolute atomic E-state index is 11.7. The van der Waals surface area contributed by atoms with Crippen LogP contribution in [0, 0.1) is 0 Å². The van der Waals surface area contributed by atoms with Gasteiger partial charge in [0.05, 0.1) is 13.1 Å². The molecule has 2 aromatic carbocycles. The number of benzene rings is 2. The molecule has 2 aromatic rings. The van der Waals surface area contributed by atoms with Gasteiger partial charge in [-0.25, -0.2) is 0 Å². The lowest BCUT2D eigenvalue weighted by atomic mass is 10.1. The van der Waals surface area contributed by atoms with Gasteiger partial charge in [0.25, 0.3) is 0 Å². The van der Waals surface area contributed by atoms with Crippen molar-refractivity contribution in [3.8, 4) is 11.5 Å². The maximum Gasteiger partial charge on any atom is 0.233 e. The van der Waals surface area contributed by atoms with Gasteiger partial charge in [0, 0.05) is 13.1 Å². The highest BCUT2D eigenvalue weighted by Gasteiger charge is 2.04. The largest absolute Gasteiger partial charge is 0.508 e. The third kappa shape index (κ3) is 8.24. The van der Waals surface area contributed by atoms with Crippen LogP contribution in [0.2, 0.25) is 0 Å². The number of hydrogen-bond donors (Lipinski definition) is 5. The highest BCUT2D eigenvalue weighted by molar-refractivity contribution is 5.81. The molecule has 0 heterocycles. The zero-order chi connectivity index (χ0) is 19.5. The van der Waals surface area contributed by atoms with Gasteiger partial charge in [0.2, 0.25) is 11.8 Å². The van der Waals surface area contributed by atoms with Crippen molar-refractivity contribution in [2.75, 3.05) is 26.2 Å². The molecule has 0 aliphatic rings. The molecule has 7 heteroatoms. The van der Waals surface area contributed by atoms with Crippen molar-refractivity contribution < 1.29 is 19.8 Å². The second-order valence-electron chi connectivity index (χ2n) is 6.14. The predicted molar refractivity (Wildman–Crippen MR) is 103 cm³/mol. The highest BCUT2D eigenvalue weighted by atomic mass is 16.3. The van der Waals surface area contributed by atoms with Gasteiger partial charge in [0.1, 0.15) is 11.5 Å². The van der Waals surface area contributed by atoms with Crippen molar-refractivity contribution in [2.45, 2.75) is 12.8 Å². The first-order valence-electron chi connectivity index (χ1n) is 8.83. The second kappa shape index (κ2) is 10.8. The molecule has 144 valence electrons. The van der Waals surface area contributed by atoms with Crippen LogP contribution in [0.3, 0.4) is 0 Å². The molecule has 0 bridgehead atoms. The van der Waals surface area contributed by atoms with Gasteiger partial charge >= 0.3 is 0 Å². The zero-order valence-electron chi connectivity index (χ0n) is 15.1. The minimum Gasteiger partial charge on any atom is -0.508 e. The van der Waals surface area contributed by atoms with Crippen LogP contribution in [-0.2, 0) is 22.4 Å². The molecule has 0 saturated carbocycles. The Labute approximate surface area is 158 Å². The van der Waals surface area contributed by atoms with E-state index in [4.69, 9.17) is 0 Å². The lowest BCUT2D eigenvalue weighted by Gasteiger charge is -2.08. The van der Waals surface area contributed by atoms with Crippen LogP contribution in [0.4, 0.5) is 0 Å². The van der Waals surface area contributed by atoms with Crippen LogP contribution in [0.1, 0.15) is 11.1 Å². The third-order valence-corrected chi connectivity index (χ3v) is 3.92. The SMILES string of the molecule is O=C(CNCC(=O)NCCc1ccc(O)cc1)NCCc1ccc(O)cc1. The van der Waals surface area contributed by atoms with E-state index in [0.717, 1.165) is 11.1 Å². The molecule has 0 saturated heterocycles. The summed E-state index contributed by atoms with van der Waals surface area (Å²) in [6.07, 6.45) is 1.34. The molecular formula is C20H25N3O4. The summed E-state index contributed by atoms with van der Waals surface area (Å²) >= 11 is 0. The number of aromatic hydroxyl groups is 2. The van der Waals surface area contributed by atoms with Gasteiger partial charge in [-0.15, -0.1) is 0 Å². The monoisotopic (exact) mass is 371 g/mol. The van der Waals surface area contributed by atoms with E-state index in [1.807, 2.05) is 24.3 Å². The van der Waals surface area contributed by atoms with Crippen LogP contribution in [-0.4, -0.2) is 48.2 Å². The van der Waals surface area contributed by atoms with Crippen molar-refractivity contribution in [1.29, 1.82) is 0 Å². The molecule has 27 heavy (non-hydrogen) atoms. The van der Waals surface area contributed by atoms with E-state index < -0.39 is 0 Å². The second-order valence-corrected chi connectivity index (χ2v) is 6.14. The van der Waals surface area contributed by atoms with Crippen molar-refractivity contribution in [1.82, 2.24) is 16.0 Å². The first-order valence-corrected chi connectivity index (χ1v) is 8.83. The number of phenols is 2. The molecule has 2 rings (SSSR count). The summed E-state index contributed by atoms with van der Waals surface area (Å²) in [5, 5.41) is 26.8. The van der Waals surface area contributed by atoms with E-state index in [0.29, 0.717) is 25.9 Å². The highest BCUT2D eigenvalue weighted by Crippen LogP contribution is 2.10. The molecule has 0 radical (unpaired) electrons. The summed E-state index contributed by atoms with van der Waals surface area (Å²) in [5.41, 5.74) is 2.04. The fraction of sp³-hybridized carbons (Fsp3) is 0.300. The van der Waals surface area contributed by atoms with E-state index in [1.54, 1.807) is 24.3 Å². The maximum atomic E-state index is 11.7. The number of carbonyl (C=O) groups excluding carboxylic acids is 2. The fourth-order valence-corrected chi connectivity index (χ4v) is 2.43. The first kappa shape index (κ1) is 20.3. The summed E-state index contributed by atoms with van der Waals surface area (Å²) in [6.45, 7) is 1.12. The van der Waals surface area contributed by atoms with Gasteiger partial charge < -0.3 is 20.8 Å². The lowest BCUT2D eigenvalue weighted by Crippen LogP contribution is -2.40. The summed E-state index contributed by atoms with van der Waals surface area (Å²) < 4.78 is 0. The van der Waals surface area contributed by atoms with E-state index >= 15 is 0 Å². The Morgan fingerprint density at radius 3 is 1.41 bits per heavy atom. The topological polar surface area (TPSA) is 111 Å². The van der Waals surface area contributed by atoms with Crippen LogP contribution in [0.5, 0.6) is 11.5 Å². The van der Waals surface area contributed by atoms with E-state index in [-0.39, 0.29) is 36.4 Å². The Morgan fingerprint density at radius 1 is 0.667 bits per heavy atom. The molecule has 5 N–H and O–H groups in total. The van der Waals surface area contributed by atoms with Gasteiger partial charge in [-0.2, -0.15) is 0 Å². The van der Waals surface area contributed by atoms with E-state index in [9.17, 15) is 19.8 Å². The smallest absolute Gasteiger partial charge is 0.233 e. The van der Waals surface area contributed by atoms with Gasteiger partial charge in [-0.1, -0.05) is 24.3 Å². The fourth-order valence-electron chi connectivity index (χ4n) is 2.43. The summed E-state index contributed by atoms with van der Waals surface area (Å²) in [6, 6.07) is 13.7. The predicted octanol–water partition coefficient (Wildman–Crippen LogP) is 0.705. The van der Waals surface area contributed by atoms with Gasteiger partial charge in [-0.3, -0.25) is 14.9 Å². The summed E-state index contributed by atoms with van der Waals surface area (Å²) in [4.78, 5) is 23.5. The van der Waals surface area contributed by atoms with E-state index in [2.05, 4.69) is 16.0 Å². The van der Waals surface area contributed by atoms with Crippen molar-refractivity contribution >= 4 is 11.8 Å². The summed E-state index contributed by atoms with van der Waals surface area (Å²) in [5.74, 6) is 0.0815. The Kier molecular flexibility index (Phi) is 8.12. The molecule has 0 aliphatic heterocycles.